The van der Waals surface area contributed by atoms with E-state index in [4.69, 9.17) is 0 Å². The molecule has 0 saturated heterocycles. The maximum Gasteiger partial charge on any atom is 0.420 e. The second-order valence-electron chi connectivity index (χ2n) is 3.09. The van der Waals surface area contributed by atoms with Crippen LogP contribution >= 0.6 is 15.9 Å². The number of ether oxygens (including phenoxy) is 1. The standard InChI is InChI=1S/C10H10BrF3O2/c1-16-8-4-2-3-6(7(15)5-11)9(8)10(12,13)14/h2-4,7,15H,5H2,1H3. The minimum atomic E-state index is -4.55. The first kappa shape index (κ1) is 13.3. The average Bonchev–Trinajstić information content (AvgIpc) is 2.25. The SMILES string of the molecule is COc1cccc(C(O)CBr)c1C(F)(F)F. The zero-order valence-electron chi connectivity index (χ0n) is 8.38. The molecule has 1 aromatic rings. The number of methoxy groups -OCH3 is 1. The van der Waals surface area contributed by atoms with E-state index in [1.165, 1.54) is 18.2 Å². The van der Waals surface area contributed by atoms with Gasteiger partial charge in [-0.05, 0) is 11.6 Å². The third-order valence-corrected chi connectivity index (χ3v) is 2.68. The van der Waals surface area contributed by atoms with Crippen molar-refractivity contribution >= 4 is 15.9 Å². The number of hydrogen-bond donors (Lipinski definition) is 1. The fourth-order valence-corrected chi connectivity index (χ4v) is 1.73. The van der Waals surface area contributed by atoms with Crippen LogP contribution in [0.1, 0.15) is 17.2 Å². The Bertz CT molecular complexity index is 366. The molecule has 0 amide bonds. The van der Waals surface area contributed by atoms with Crippen LogP contribution in [0.3, 0.4) is 0 Å². The Balaban J connectivity index is 3.38. The molecule has 1 unspecified atom stereocenters. The Kier molecular flexibility index (Phi) is 4.21. The molecule has 0 aromatic heterocycles. The maximum absolute atomic E-state index is 12.8. The van der Waals surface area contributed by atoms with E-state index in [-0.39, 0.29) is 16.6 Å². The summed E-state index contributed by atoms with van der Waals surface area (Å²) in [5, 5.41) is 9.52. The van der Waals surface area contributed by atoms with Gasteiger partial charge in [0.05, 0.1) is 13.2 Å². The molecule has 0 radical (unpaired) electrons. The van der Waals surface area contributed by atoms with Gasteiger partial charge in [-0.3, -0.25) is 0 Å². The molecule has 0 heterocycles. The lowest BCUT2D eigenvalue weighted by molar-refractivity contribution is -0.140. The van der Waals surface area contributed by atoms with Crippen LogP contribution in [0, 0.1) is 0 Å². The van der Waals surface area contributed by atoms with Gasteiger partial charge in [0.25, 0.3) is 0 Å². The van der Waals surface area contributed by atoms with E-state index in [1.807, 2.05) is 0 Å². The Morgan fingerprint density at radius 1 is 1.44 bits per heavy atom. The number of benzene rings is 1. The fraction of sp³-hybridized carbons (Fsp3) is 0.400. The molecule has 90 valence electrons. The molecule has 6 heteroatoms. The van der Waals surface area contributed by atoms with Gasteiger partial charge >= 0.3 is 6.18 Å². The highest BCUT2D eigenvalue weighted by atomic mass is 79.9. The van der Waals surface area contributed by atoms with E-state index >= 15 is 0 Å². The highest BCUT2D eigenvalue weighted by Gasteiger charge is 2.38. The zero-order valence-corrected chi connectivity index (χ0v) is 9.97. The first-order valence-corrected chi connectivity index (χ1v) is 5.52. The molecular weight excluding hydrogens is 289 g/mol. The number of rotatable bonds is 3. The van der Waals surface area contributed by atoms with Crippen LogP contribution < -0.4 is 4.74 Å². The molecule has 1 N–H and O–H groups in total. The third kappa shape index (κ3) is 2.68. The van der Waals surface area contributed by atoms with E-state index in [1.54, 1.807) is 0 Å². The summed E-state index contributed by atoms with van der Waals surface area (Å²) in [6.07, 6.45) is -5.77. The Morgan fingerprint density at radius 3 is 2.50 bits per heavy atom. The van der Waals surface area contributed by atoms with Crippen LogP contribution in [0.2, 0.25) is 0 Å². The molecule has 2 nitrogen and oxygen atoms in total. The summed E-state index contributed by atoms with van der Waals surface area (Å²) in [5.41, 5.74) is -1.12. The van der Waals surface area contributed by atoms with Gasteiger partial charge in [0.2, 0.25) is 0 Å². The van der Waals surface area contributed by atoms with Crippen LogP contribution in [0.25, 0.3) is 0 Å². The molecule has 1 aromatic carbocycles. The molecule has 16 heavy (non-hydrogen) atoms. The molecule has 1 atom stereocenters. The van der Waals surface area contributed by atoms with Crippen molar-refractivity contribution in [3.8, 4) is 5.75 Å². The van der Waals surface area contributed by atoms with Crippen LogP contribution in [0.5, 0.6) is 5.75 Å². The van der Waals surface area contributed by atoms with Gasteiger partial charge in [-0.1, -0.05) is 28.1 Å². The second kappa shape index (κ2) is 5.05. The summed E-state index contributed by atoms with van der Waals surface area (Å²) in [6, 6.07) is 3.86. The van der Waals surface area contributed by atoms with Crippen molar-refractivity contribution in [2.75, 3.05) is 12.4 Å². The van der Waals surface area contributed by atoms with Crippen molar-refractivity contribution in [3.63, 3.8) is 0 Å². The summed E-state index contributed by atoms with van der Waals surface area (Å²) >= 11 is 2.94. The van der Waals surface area contributed by atoms with E-state index < -0.39 is 17.8 Å². The summed E-state index contributed by atoms with van der Waals surface area (Å²) in [6.45, 7) is 0. The van der Waals surface area contributed by atoms with Crippen molar-refractivity contribution in [2.24, 2.45) is 0 Å². The van der Waals surface area contributed by atoms with Gasteiger partial charge in [0.15, 0.2) is 0 Å². The van der Waals surface area contributed by atoms with Gasteiger partial charge in [-0.15, -0.1) is 0 Å². The first-order chi connectivity index (χ1) is 7.41. The smallest absolute Gasteiger partial charge is 0.420 e. The topological polar surface area (TPSA) is 29.5 Å². The highest BCUT2D eigenvalue weighted by Crippen LogP contribution is 2.40. The number of aliphatic hydroxyl groups is 1. The van der Waals surface area contributed by atoms with Crippen molar-refractivity contribution in [3.05, 3.63) is 29.3 Å². The van der Waals surface area contributed by atoms with E-state index in [0.717, 1.165) is 7.11 Å². The van der Waals surface area contributed by atoms with Crippen molar-refractivity contribution in [1.82, 2.24) is 0 Å². The van der Waals surface area contributed by atoms with Crippen LogP contribution in [-0.4, -0.2) is 17.5 Å². The normalized spacial score (nSPS) is 13.6. The number of hydrogen-bond acceptors (Lipinski definition) is 2. The summed E-state index contributed by atoms with van der Waals surface area (Å²) in [4.78, 5) is 0. The van der Waals surface area contributed by atoms with Crippen LogP contribution in [0.15, 0.2) is 18.2 Å². The molecule has 0 aliphatic rings. The zero-order chi connectivity index (χ0) is 12.3. The summed E-state index contributed by atoms with van der Waals surface area (Å²) < 4.78 is 43.0. The summed E-state index contributed by atoms with van der Waals surface area (Å²) in [5.74, 6) is -0.287. The minimum absolute atomic E-state index is 0.0310. The average molecular weight is 299 g/mol. The number of aliphatic hydroxyl groups excluding tert-OH is 1. The molecule has 1 rings (SSSR count). The lowest BCUT2D eigenvalue weighted by atomic mass is 10.0. The van der Waals surface area contributed by atoms with Gasteiger partial charge < -0.3 is 9.84 Å². The molecule has 0 aliphatic carbocycles. The number of alkyl halides is 4. The lowest BCUT2D eigenvalue weighted by Gasteiger charge is -2.18. The summed E-state index contributed by atoms with van der Waals surface area (Å²) in [7, 11) is 1.16. The molecular formula is C10H10BrF3O2. The van der Waals surface area contributed by atoms with Crippen molar-refractivity contribution in [2.45, 2.75) is 12.3 Å². The first-order valence-electron chi connectivity index (χ1n) is 4.40. The predicted molar refractivity (Wildman–Crippen MR) is 56.7 cm³/mol. The van der Waals surface area contributed by atoms with Gasteiger partial charge in [0, 0.05) is 5.33 Å². The van der Waals surface area contributed by atoms with E-state index in [9.17, 15) is 18.3 Å². The lowest BCUT2D eigenvalue weighted by Crippen LogP contribution is -2.14. The van der Waals surface area contributed by atoms with Crippen LogP contribution in [0.4, 0.5) is 13.2 Å². The predicted octanol–water partition coefficient (Wildman–Crippen LogP) is 3.14. The minimum Gasteiger partial charge on any atom is -0.496 e. The Morgan fingerprint density at radius 2 is 2.06 bits per heavy atom. The van der Waals surface area contributed by atoms with Gasteiger partial charge in [0.1, 0.15) is 11.3 Å². The van der Waals surface area contributed by atoms with Crippen molar-refractivity contribution < 1.29 is 23.0 Å². The molecule has 0 saturated carbocycles. The molecule has 0 spiro atoms. The molecule has 0 aliphatic heterocycles. The third-order valence-electron chi connectivity index (χ3n) is 2.07. The monoisotopic (exact) mass is 298 g/mol. The number of halogens is 4. The van der Waals surface area contributed by atoms with E-state index in [2.05, 4.69) is 20.7 Å². The second-order valence-corrected chi connectivity index (χ2v) is 3.74. The highest BCUT2D eigenvalue weighted by molar-refractivity contribution is 9.09. The van der Waals surface area contributed by atoms with Gasteiger partial charge in [-0.2, -0.15) is 13.2 Å². The maximum atomic E-state index is 12.8. The Labute approximate surface area is 99.2 Å². The van der Waals surface area contributed by atoms with Crippen molar-refractivity contribution in [1.29, 1.82) is 0 Å². The van der Waals surface area contributed by atoms with E-state index in [0.29, 0.717) is 0 Å². The molecule has 0 bridgehead atoms. The van der Waals surface area contributed by atoms with Crippen LogP contribution in [-0.2, 0) is 6.18 Å². The quantitative estimate of drug-likeness (QED) is 0.869. The molecule has 0 fully saturated rings. The Hall–Kier alpha value is -0.750. The van der Waals surface area contributed by atoms with Gasteiger partial charge in [-0.25, -0.2) is 0 Å². The fourth-order valence-electron chi connectivity index (χ4n) is 1.38. The largest absolute Gasteiger partial charge is 0.496 e.